The van der Waals surface area contributed by atoms with Gasteiger partial charge in [-0.1, -0.05) is 13.8 Å². The molecule has 1 rings (SSSR count). The topological polar surface area (TPSA) is 177 Å². The number of hydrogen-bond acceptors (Lipinski definition) is 6. The van der Waals surface area contributed by atoms with Crippen molar-refractivity contribution in [2.75, 3.05) is 13.1 Å². The molecule has 11 nitrogen and oxygen atoms in total. The van der Waals surface area contributed by atoms with Crippen LogP contribution in [0.25, 0.3) is 0 Å². The van der Waals surface area contributed by atoms with Crippen molar-refractivity contribution in [3.05, 3.63) is 0 Å². The molecule has 0 aliphatic carbocycles. The van der Waals surface area contributed by atoms with E-state index in [0.29, 0.717) is 12.8 Å². The fraction of sp³-hybridized carbons (Fsp3) is 0.773. The number of nitrogens with one attached hydrogen (secondary N) is 3. The monoisotopic (exact) mass is 470 g/mol. The van der Waals surface area contributed by atoms with Crippen LogP contribution in [0.1, 0.15) is 67.2 Å². The number of nitrogens with two attached hydrogens (primary N) is 2. The minimum atomic E-state index is -0.738. The van der Waals surface area contributed by atoms with Gasteiger partial charge in [-0.15, -0.1) is 0 Å². The van der Waals surface area contributed by atoms with Crippen LogP contribution in [-0.4, -0.2) is 71.7 Å². The molecule has 0 aromatic carbocycles. The van der Waals surface area contributed by atoms with Crippen molar-refractivity contribution in [2.24, 2.45) is 17.4 Å². The molecule has 7 N–H and O–H groups in total. The molecule has 0 saturated carbocycles. The minimum Gasteiger partial charge on any atom is -0.368 e. The molecule has 0 spiro atoms. The SMILES string of the molecule is CC(N)CC(C)C(=O)NC(C)C(=O)N1CCCC1.CCC(=O)NC(C)C(=O)NC(C)C(N)=O. The summed E-state index contributed by atoms with van der Waals surface area (Å²) in [5.74, 6) is -1.48. The number of nitrogens with zero attached hydrogens (tertiary/aromatic N) is 1. The van der Waals surface area contributed by atoms with Gasteiger partial charge in [-0.3, -0.25) is 24.0 Å². The number of amides is 5. The summed E-state index contributed by atoms with van der Waals surface area (Å²) in [7, 11) is 0. The van der Waals surface area contributed by atoms with E-state index < -0.39 is 29.9 Å². The van der Waals surface area contributed by atoms with Crippen LogP contribution in [0.5, 0.6) is 0 Å². The Hall–Kier alpha value is -2.69. The molecule has 1 fully saturated rings. The maximum atomic E-state index is 12.0. The third kappa shape index (κ3) is 12.2. The average molecular weight is 471 g/mol. The third-order valence-electron chi connectivity index (χ3n) is 5.20. The second-order valence-corrected chi connectivity index (χ2v) is 8.65. The lowest BCUT2D eigenvalue weighted by Crippen LogP contribution is -2.50. The lowest BCUT2D eigenvalue weighted by atomic mass is 10.0. The molecule has 11 heteroatoms. The quantitative estimate of drug-likeness (QED) is 0.284. The maximum absolute atomic E-state index is 12.0. The Kier molecular flexibility index (Phi) is 14.0. The molecule has 0 bridgehead atoms. The minimum absolute atomic E-state index is 0.00432. The molecule has 1 heterocycles. The van der Waals surface area contributed by atoms with Gasteiger partial charge in [0, 0.05) is 31.5 Å². The molecule has 33 heavy (non-hydrogen) atoms. The Morgan fingerprint density at radius 2 is 1.33 bits per heavy atom. The van der Waals surface area contributed by atoms with Gasteiger partial charge in [0.2, 0.25) is 29.5 Å². The number of likely N-dealkylation sites (tertiary alicyclic amines) is 1. The van der Waals surface area contributed by atoms with Crippen LogP contribution in [0, 0.1) is 5.92 Å². The highest BCUT2D eigenvalue weighted by molar-refractivity contribution is 5.91. The molecule has 0 aromatic rings. The van der Waals surface area contributed by atoms with E-state index in [-0.39, 0.29) is 29.7 Å². The van der Waals surface area contributed by atoms with Gasteiger partial charge in [0.05, 0.1) is 0 Å². The van der Waals surface area contributed by atoms with Crippen LogP contribution in [-0.2, 0) is 24.0 Å². The van der Waals surface area contributed by atoms with Gasteiger partial charge in [0.1, 0.15) is 18.1 Å². The average Bonchev–Trinajstić information content (AvgIpc) is 3.27. The van der Waals surface area contributed by atoms with Crippen molar-refractivity contribution in [1.82, 2.24) is 20.9 Å². The Bertz CT molecular complexity index is 678. The van der Waals surface area contributed by atoms with Gasteiger partial charge >= 0.3 is 0 Å². The highest BCUT2D eigenvalue weighted by atomic mass is 16.2. The molecule has 0 aromatic heterocycles. The van der Waals surface area contributed by atoms with Crippen LogP contribution >= 0.6 is 0 Å². The van der Waals surface area contributed by atoms with Gasteiger partial charge in [-0.2, -0.15) is 0 Å². The number of rotatable bonds is 10. The summed E-state index contributed by atoms with van der Waals surface area (Å²) >= 11 is 0. The van der Waals surface area contributed by atoms with Crippen LogP contribution in [0.15, 0.2) is 0 Å². The van der Waals surface area contributed by atoms with Gasteiger partial charge in [-0.05, 0) is 47.0 Å². The van der Waals surface area contributed by atoms with Crippen LogP contribution < -0.4 is 27.4 Å². The lowest BCUT2D eigenvalue weighted by molar-refractivity contribution is -0.136. The van der Waals surface area contributed by atoms with Crippen LogP contribution in [0.2, 0.25) is 0 Å². The first-order valence-corrected chi connectivity index (χ1v) is 11.5. The largest absolute Gasteiger partial charge is 0.368 e. The van der Waals surface area contributed by atoms with Crippen LogP contribution in [0.3, 0.4) is 0 Å². The van der Waals surface area contributed by atoms with E-state index in [1.54, 1.807) is 13.8 Å². The number of hydrogen-bond donors (Lipinski definition) is 5. The third-order valence-corrected chi connectivity index (χ3v) is 5.20. The van der Waals surface area contributed by atoms with Gasteiger partial charge < -0.3 is 32.3 Å². The van der Waals surface area contributed by atoms with Gasteiger partial charge in [0.25, 0.3) is 0 Å². The summed E-state index contributed by atoms with van der Waals surface area (Å²) in [4.78, 5) is 58.7. The maximum Gasteiger partial charge on any atom is 0.244 e. The second kappa shape index (κ2) is 15.2. The van der Waals surface area contributed by atoms with Crippen LogP contribution in [0.4, 0.5) is 0 Å². The fourth-order valence-corrected chi connectivity index (χ4v) is 3.11. The van der Waals surface area contributed by atoms with Crippen molar-refractivity contribution in [3.8, 4) is 0 Å². The summed E-state index contributed by atoms with van der Waals surface area (Å²) in [6.07, 6.45) is 3.07. The summed E-state index contributed by atoms with van der Waals surface area (Å²) in [6.45, 7) is 11.8. The number of carbonyl (C=O) groups is 5. The Labute approximate surface area is 196 Å². The van der Waals surface area contributed by atoms with Crippen molar-refractivity contribution < 1.29 is 24.0 Å². The van der Waals surface area contributed by atoms with E-state index in [1.165, 1.54) is 13.8 Å². The smallest absolute Gasteiger partial charge is 0.244 e. The van der Waals surface area contributed by atoms with E-state index in [2.05, 4.69) is 16.0 Å². The normalized spacial score (nSPS) is 17.4. The van der Waals surface area contributed by atoms with Crippen molar-refractivity contribution >= 4 is 29.5 Å². The Morgan fingerprint density at radius 1 is 0.818 bits per heavy atom. The molecular formula is C22H42N6O5. The molecule has 1 aliphatic heterocycles. The Balaban J connectivity index is 0.000000633. The molecule has 5 unspecified atom stereocenters. The first kappa shape index (κ1) is 30.3. The summed E-state index contributed by atoms with van der Waals surface area (Å²) in [6, 6.07) is -1.85. The summed E-state index contributed by atoms with van der Waals surface area (Å²) in [5.41, 5.74) is 10.6. The molecule has 0 radical (unpaired) electrons. The summed E-state index contributed by atoms with van der Waals surface area (Å²) in [5, 5.41) is 7.63. The molecule has 190 valence electrons. The van der Waals surface area contributed by atoms with Gasteiger partial charge in [-0.25, -0.2) is 0 Å². The predicted octanol–water partition coefficient (Wildman–Crippen LogP) is -0.622. The first-order chi connectivity index (χ1) is 15.3. The van der Waals surface area contributed by atoms with Crippen molar-refractivity contribution in [1.29, 1.82) is 0 Å². The van der Waals surface area contributed by atoms with Gasteiger partial charge in [0.15, 0.2) is 0 Å². The molecular weight excluding hydrogens is 428 g/mol. The lowest BCUT2D eigenvalue weighted by Gasteiger charge is -2.23. The number of primary amides is 1. The van der Waals surface area contributed by atoms with E-state index in [1.807, 2.05) is 18.7 Å². The highest BCUT2D eigenvalue weighted by Gasteiger charge is 2.26. The van der Waals surface area contributed by atoms with E-state index in [0.717, 1.165) is 25.9 Å². The standard InChI is InChI=1S/C13H25N3O2.C9H17N3O3/c1-9(8-10(2)14)12(17)15-11(3)13(18)16-6-4-5-7-16;1-4-7(13)11-6(3)9(15)12-5(2)8(10)14/h9-11H,4-8,14H2,1-3H3,(H,15,17);5-6H,4H2,1-3H3,(H2,10,14)(H,11,13)(H,12,15). The predicted molar refractivity (Wildman–Crippen MR) is 126 cm³/mol. The zero-order valence-corrected chi connectivity index (χ0v) is 20.8. The highest BCUT2D eigenvalue weighted by Crippen LogP contribution is 2.10. The Morgan fingerprint density at radius 3 is 1.79 bits per heavy atom. The fourth-order valence-electron chi connectivity index (χ4n) is 3.11. The zero-order valence-electron chi connectivity index (χ0n) is 20.8. The van der Waals surface area contributed by atoms with Crippen molar-refractivity contribution in [2.45, 2.75) is 91.4 Å². The zero-order chi connectivity index (χ0) is 25.7. The first-order valence-electron chi connectivity index (χ1n) is 11.5. The van der Waals surface area contributed by atoms with Crippen molar-refractivity contribution in [3.63, 3.8) is 0 Å². The molecule has 1 saturated heterocycles. The second-order valence-electron chi connectivity index (χ2n) is 8.65. The van der Waals surface area contributed by atoms with E-state index in [4.69, 9.17) is 11.5 Å². The van der Waals surface area contributed by atoms with E-state index in [9.17, 15) is 24.0 Å². The molecule has 1 aliphatic rings. The molecule has 5 atom stereocenters. The molecule has 5 amide bonds. The number of carbonyl (C=O) groups excluding carboxylic acids is 5. The summed E-state index contributed by atoms with van der Waals surface area (Å²) < 4.78 is 0. The van der Waals surface area contributed by atoms with E-state index >= 15 is 0 Å².